The molecule has 0 fully saturated rings. The molecule has 10 heteroatoms. The Morgan fingerprint density at radius 1 is 0.974 bits per heavy atom. The van der Waals surface area contributed by atoms with Crippen LogP contribution in [0.2, 0.25) is 0 Å². The van der Waals surface area contributed by atoms with Gasteiger partial charge in [0.1, 0.15) is 11.5 Å². The molecule has 1 atom stereocenters. The van der Waals surface area contributed by atoms with Gasteiger partial charge in [0.05, 0.1) is 62.6 Å². The number of fused-ring (bicyclic) bond motifs is 1. The standard InChI is InChI=1S/C26H32N6O4.C2H6/c1-34-17-21(33)16-32(20-9-22(35-2)12-23(10-20)36-3)19-5-6-24-25(11-19)30-26(14-28-24)18-13-29-31(15-18)8-4-7-27;1-2/h5-6,9-15,21,33H,4,7-8,16-17,27H2,1-3H3;1-2H3. The maximum Gasteiger partial charge on any atom is 0.124 e. The van der Waals surface area contributed by atoms with Gasteiger partial charge in [0.15, 0.2) is 0 Å². The molecule has 4 aromatic rings. The predicted octanol–water partition coefficient (Wildman–Crippen LogP) is 4.03. The number of aliphatic hydroxyl groups excluding tert-OH is 1. The average molecular weight is 523 g/mol. The molecule has 0 spiro atoms. The van der Waals surface area contributed by atoms with Crippen molar-refractivity contribution < 1.29 is 19.3 Å². The maximum atomic E-state index is 10.6. The van der Waals surface area contributed by atoms with Gasteiger partial charge in [0.25, 0.3) is 0 Å². The molecule has 0 bridgehead atoms. The van der Waals surface area contributed by atoms with Gasteiger partial charge in [-0.3, -0.25) is 9.67 Å². The normalized spacial score (nSPS) is 11.6. The van der Waals surface area contributed by atoms with E-state index in [1.807, 2.05) is 60.0 Å². The molecule has 0 saturated heterocycles. The van der Waals surface area contributed by atoms with E-state index in [1.165, 1.54) is 0 Å². The molecule has 204 valence electrons. The molecule has 2 aromatic carbocycles. The smallest absolute Gasteiger partial charge is 0.124 e. The van der Waals surface area contributed by atoms with E-state index in [2.05, 4.69) is 10.1 Å². The highest BCUT2D eigenvalue weighted by molar-refractivity contribution is 5.82. The Hall–Kier alpha value is -3.73. The molecular weight excluding hydrogens is 484 g/mol. The van der Waals surface area contributed by atoms with E-state index in [0.717, 1.165) is 46.6 Å². The van der Waals surface area contributed by atoms with Gasteiger partial charge in [-0.25, -0.2) is 4.98 Å². The van der Waals surface area contributed by atoms with Crippen molar-refractivity contribution in [3.63, 3.8) is 0 Å². The minimum Gasteiger partial charge on any atom is -0.497 e. The fraction of sp³-hybridized carbons (Fsp3) is 0.393. The number of nitrogens with two attached hydrogens (primary N) is 1. The van der Waals surface area contributed by atoms with Gasteiger partial charge in [0.2, 0.25) is 0 Å². The van der Waals surface area contributed by atoms with Crippen LogP contribution < -0.4 is 20.1 Å². The van der Waals surface area contributed by atoms with Gasteiger partial charge in [-0.15, -0.1) is 0 Å². The summed E-state index contributed by atoms with van der Waals surface area (Å²) >= 11 is 0. The van der Waals surface area contributed by atoms with E-state index in [4.69, 9.17) is 24.9 Å². The molecule has 4 rings (SSSR count). The number of anilines is 2. The number of rotatable bonds is 12. The number of aromatic nitrogens is 4. The van der Waals surface area contributed by atoms with Crippen LogP contribution >= 0.6 is 0 Å². The number of methoxy groups -OCH3 is 3. The highest BCUT2D eigenvalue weighted by atomic mass is 16.5. The number of benzene rings is 2. The van der Waals surface area contributed by atoms with Crippen molar-refractivity contribution in [3.8, 4) is 22.8 Å². The van der Waals surface area contributed by atoms with Crippen LogP contribution in [0.1, 0.15) is 20.3 Å². The van der Waals surface area contributed by atoms with Crippen molar-refractivity contribution in [2.75, 3.05) is 45.9 Å². The predicted molar refractivity (Wildman–Crippen MR) is 150 cm³/mol. The Kier molecular flexibility index (Phi) is 10.8. The first-order chi connectivity index (χ1) is 18.5. The van der Waals surface area contributed by atoms with Gasteiger partial charge in [-0.05, 0) is 31.2 Å². The lowest BCUT2D eigenvalue weighted by atomic mass is 10.1. The van der Waals surface area contributed by atoms with E-state index in [0.29, 0.717) is 18.0 Å². The molecule has 38 heavy (non-hydrogen) atoms. The van der Waals surface area contributed by atoms with Gasteiger partial charge in [-0.2, -0.15) is 5.10 Å². The third-order valence-electron chi connectivity index (χ3n) is 5.76. The zero-order valence-electron chi connectivity index (χ0n) is 22.8. The van der Waals surface area contributed by atoms with Crippen molar-refractivity contribution in [1.82, 2.24) is 19.7 Å². The number of aryl methyl sites for hydroxylation is 1. The third-order valence-corrected chi connectivity index (χ3v) is 5.76. The summed E-state index contributed by atoms with van der Waals surface area (Å²) in [5, 5.41) is 15.0. The minimum absolute atomic E-state index is 0.198. The number of hydrogen-bond donors (Lipinski definition) is 2. The lowest BCUT2D eigenvalue weighted by molar-refractivity contribution is 0.0702. The highest BCUT2D eigenvalue weighted by Crippen LogP contribution is 2.34. The number of aliphatic hydroxyl groups is 1. The van der Waals surface area contributed by atoms with Gasteiger partial charge < -0.3 is 30.0 Å². The summed E-state index contributed by atoms with van der Waals surface area (Å²) in [6.07, 6.45) is 5.62. The summed E-state index contributed by atoms with van der Waals surface area (Å²) in [4.78, 5) is 11.4. The summed E-state index contributed by atoms with van der Waals surface area (Å²) in [7, 11) is 4.77. The average Bonchev–Trinajstić information content (AvgIpc) is 3.44. The van der Waals surface area contributed by atoms with Crippen LogP contribution in [-0.4, -0.2) is 72.0 Å². The lowest BCUT2D eigenvalue weighted by Crippen LogP contribution is -2.31. The van der Waals surface area contributed by atoms with Crippen LogP contribution in [0.25, 0.3) is 22.3 Å². The van der Waals surface area contributed by atoms with Crippen molar-refractivity contribution >= 4 is 22.4 Å². The highest BCUT2D eigenvalue weighted by Gasteiger charge is 2.18. The zero-order valence-corrected chi connectivity index (χ0v) is 22.8. The molecule has 2 aromatic heterocycles. The fourth-order valence-electron chi connectivity index (χ4n) is 3.94. The van der Waals surface area contributed by atoms with Crippen LogP contribution in [0.5, 0.6) is 11.5 Å². The molecule has 0 radical (unpaired) electrons. The van der Waals surface area contributed by atoms with Crippen LogP contribution in [0.4, 0.5) is 11.4 Å². The van der Waals surface area contributed by atoms with Gasteiger partial charge in [-0.1, -0.05) is 13.8 Å². The topological polar surface area (TPSA) is 121 Å². The quantitative estimate of drug-likeness (QED) is 0.284. The number of ether oxygens (including phenoxy) is 3. The maximum absolute atomic E-state index is 10.6. The zero-order chi connectivity index (χ0) is 27.5. The van der Waals surface area contributed by atoms with Crippen LogP contribution in [0.15, 0.2) is 55.0 Å². The number of hydrogen-bond acceptors (Lipinski definition) is 9. The molecule has 10 nitrogen and oxygen atoms in total. The molecule has 3 N–H and O–H groups in total. The second kappa shape index (κ2) is 14.3. The molecule has 2 heterocycles. The Morgan fingerprint density at radius 3 is 2.37 bits per heavy atom. The molecule has 0 aliphatic rings. The van der Waals surface area contributed by atoms with Crippen LogP contribution in [0, 0.1) is 0 Å². The minimum atomic E-state index is -0.723. The van der Waals surface area contributed by atoms with Crippen molar-refractivity contribution in [1.29, 1.82) is 0 Å². The second-order valence-electron chi connectivity index (χ2n) is 8.35. The fourth-order valence-corrected chi connectivity index (χ4v) is 3.94. The van der Waals surface area contributed by atoms with Crippen molar-refractivity contribution in [2.24, 2.45) is 5.73 Å². The van der Waals surface area contributed by atoms with Crippen LogP contribution in [-0.2, 0) is 11.3 Å². The Morgan fingerprint density at radius 2 is 1.71 bits per heavy atom. The lowest BCUT2D eigenvalue weighted by Gasteiger charge is -2.28. The molecular formula is C28H38N6O4. The summed E-state index contributed by atoms with van der Waals surface area (Å²) in [6, 6.07) is 11.4. The molecule has 0 saturated carbocycles. The molecule has 0 aliphatic carbocycles. The Balaban J connectivity index is 0.00000195. The van der Waals surface area contributed by atoms with E-state index in [9.17, 15) is 5.11 Å². The monoisotopic (exact) mass is 522 g/mol. The van der Waals surface area contributed by atoms with Gasteiger partial charge in [0, 0.05) is 55.0 Å². The Bertz CT molecular complexity index is 1270. The first-order valence-electron chi connectivity index (χ1n) is 12.7. The summed E-state index contributed by atoms with van der Waals surface area (Å²) in [6.45, 7) is 5.85. The summed E-state index contributed by atoms with van der Waals surface area (Å²) in [5.74, 6) is 1.29. The van der Waals surface area contributed by atoms with Crippen molar-refractivity contribution in [3.05, 3.63) is 55.0 Å². The SMILES string of the molecule is CC.COCC(O)CN(c1cc(OC)cc(OC)c1)c1ccc2ncc(-c3cnn(CCCN)c3)nc2c1. The third kappa shape index (κ3) is 7.18. The summed E-state index contributed by atoms with van der Waals surface area (Å²) in [5.41, 5.74) is 10.3. The second-order valence-corrected chi connectivity index (χ2v) is 8.35. The first kappa shape index (κ1) is 28.8. The first-order valence-corrected chi connectivity index (χ1v) is 12.7. The number of nitrogens with zero attached hydrogens (tertiary/aromatic N) is 5. The largest absolute Gasteiger partial charge is 0.497 e. The van der Waals surface area contributed by atoms with Crippen molar-refractivity contribution in [2.45, 2.75) is 32.9 Å². The molecule has 0 amide bonds. The van der Waals surface area contributed by atoms with E-state index >= 15 is 0 Å². The van der Waals surface area contributed by atoms with E-state index < -0.39 is 6.10 Å². The van der Waals surface area contributed by atoms with Crippen LogP contribution in [0.3, 0.4) is 0 Å². The van der Waals surface area contributed by atoms with E-state index in [1.54, 1.807) is 39.8 Å². The molecule has 1 unspecified atom stereocenters. The van der Waals surface area contributed by atoms with E-state index in [-0.39, 0.29) is 13.2 Å². The summed E-state index contributed by atoms with van der Waals surface area (Å²) < 4.78 is 18.0. The molecule has 0 aliphatic heterocycles. The Labute approximate surface area is 224 Å². The van der Waals surface area contributed by atoms with Gasteiger partial charge >= 0.3 is 0 Å².